The second kappa shape index (κ2) is 6.89. The fourth-order valence-corrected chi connectivity index (χ4v) is 2.81. The summed E-state index contributed by atoms with van der Waals surface area (Å²) in [7, 11) is 0. The maximum atomic E-state index is 12.8. The zero-order valence-corrected chi connectivity index (χ0v) is 14.6. The van der Waals surface area contributed by atoms with Gasteiger partial charge in [0, 0.05) is 5.39 Å². The van der Waals surface area contributed by atoms with Crippen molar-refractivity contribution in [2.45, 2.75) is 32.9 Å². The van der Waals surface area contributed by atoms with Crippen LogP contribution in [0.15, 0.2) is 59.4 Å². The summed E-state index contributed by atoms with van der Waals surface area (Å²) in [6, 6.07) is 16.5. The van der Waals surface area contributed by atoms with Gasteiger partial charge in [-0.1, -0.05) is 48.5 Å². The highest BCUT2D eigenvalue weighted by Crippen LogP contribution is 2.17. The molecule has 128 valence electrons. The molecule has 25 heavy (non-hydrogen) atoms. The van der Waals surface area contributed by atoms with Gasteiger partial charge in [0.25, 0.3) is 11.5 Å². The summed E-state index contributed by atoms with van der Waals surface area (Å²) >= 11 is 0. The largest absolute Gasteiger partial charge is 0.344 e. The number of amides is 1. The predicted octanol–water partition coefficient (Wildman–Crippen LogP) is 3.47. The summed E-state index contributed by atoms with van der Waals surface area (Å²) in [6.07, 6.45) is 0. The minimum Gasteiger partial charge on any atom is -0.344 e. The van der Waals surface area contributed by atoms with Crippen LogP contribution in [0.5, 0.6) is 0 Å². The third kappa shape index (κ3) is 3.31. The Kier molecular flexibility index (Phi) is 4.65. The molecule has 5 nitrogen and oxygen atoms in total. The van der Waals surface area contributed by atoms with Gasteiger partial charge < -0.3 is 5.32 Å². The van der Waals surface area contributed by atoms with Crippen LogP contribution in [0, 0.1) is 0 Å². The van der Waals surface area contributed by atoms with Crippen LogP contribution in [0.3, 0.4) is 0 Å². The van der Waals surface area contributed by atoms with E-state index >= 15 is 0 Å². The fourth-order valence-electron chi connectivity index (χ4n) is 2.81. The molecule has 0 radical (unpaired) electrons. The number of carbonyl (C=O) groups excluding carboxylic acids is 1. The number of nitrogens with one attached hydrogen (secondary N) is 1. The molecule has 1 aromatic heterocycles. The van der Waals surface area contributed by atoms with E-state index in [1.54, 1.807) is 24.3 Å². The van der Waals surface area contributed by atoms with Crippen LogP contribution < -0.4 is 10.9 Å². The third-order valence-electron chi connectivity index (χ3n) is 4.18. The minimum atomic E-state index is -0.290. The van der Waals surface area contributed by atoms with Crippen molar-refractivity contribution in [3.63, 3.8) is 0 Å². The molecule has 0 aliphatic carbocycles. The number of nitrogens with zero attached hydrogens (tertiary/aromatic N) is 2. The summed E-state index contributed by atoms with van der Waals surface area (Å²) < 4.78 is 1.37. The normalized spacial score (nSPS) is 12.3. The number of hydrogen-bond acceptors (Lipinski definition) is 3. The van der Waals surface area contributed by atoms with Gasteiger partial charge in [-0.2, -0.15) is 5.10 Å². The van der Waals surface area contributed by atoms with Crippen molar-refractivity contribution in [3.8, 4) is 0 Å². The van der Waals surface area contributed by atoms with Crippen molar-refractivity contribution in [3.05, 3.63) is 76.2 Å². The maximum absolute atomic E-state index is 12.8. The number of rotatable bonds is 4. The molecule has 0 fully saturated rings. The lowest BCUT2D eigenvalue weighted by Crippen LogP contribution is -2.32. The average Bonchev–Trinajstić information content (AvgIpc) is 2.62. The molecule has 3 rings (SSSR count). The van der Waals surface area contributed by atoms with Gasteiger partial charge in [-0.25, -0.2) is 4.68 Å². The average molecular weight is 335 g/mol. The van der Waals surface area contributed by atoms with Gasteiger partial charge in [0.05, 0.1) is 17.5 Å². The Balaban J connectivity index is 2.04. The molecular weight excluding hydrogens is 314 g/mol. The smallest absolute Gasteiger partial charge is 0.274 e. The van der Waals surface area contributed by atoms with Gasteiger partial charge in [-0.15, -0.1) is 0 Å². The van der Waals surface area contributed by atoms with Crippen molar-refractivity contribution in [2.75, 3.05) is 0 Å². The first kappa shape index (κ1) is 16.9. The van der Waals surface area contributed by atoms with Crippen molar-refractivity contribution in [1.29, 1.82) is 0 Å². The van der Waals surface area contributed by atoms with E-state index in [-0.39, 0.29) is 29.2 Å². The Bertz CT molecular complexity index is 962. The molecule has 0 saturated heterocycles. The van der Waals surface area contributed by atoms with E-state index in [2.05, 4.69) is 10.4 Å². The van der Waals surface area contributed by atoms with Crippen molar-refractivity contribution in [1.82, 2.24) is 15.1 Å². The number of benzene rings is 2. The lowest BCUT2D eigenvalue weighted by molar-refractivity contribution is 0.0934. The van der Waals surface area contributed by atoms with E-state index in [1.807, 2.05) is 51.1 Å². The van der Waals surface area contributed by atoms with Crippen LogP contribution in [0.2, 0.25) is 0 Å². The summed E-state index contributed by atoms with van der Waals surface area (Å²) in [5, 5.41) is 8.39. The first-order valence-corrected chi connectivity index (χ1v) is 8.36. The molecule has 0 spiro atoms. The van der Waals surface area contributed by atoms with Crippen LogP contribution in [0.4, 0.5) is 0 Å². The SMILES string of the molecule is CC(NC(=O)c1nn(C(C)C)c(=O)c2ccccc12)c1ccccc1. The zero-order chi connectivity index (χ0) is 18.0. The summed E-state index contributed by atoms with van der Waals surface area (Å²) in [5.74, 6) is -0.290. The monoisotopic (exact) mass is 335 g/mol. The van der Waals surface area contributed by atoms with Gasteiger partial charge in [0.2, 0.25) is 0 Å². The standard InChI is InChI=1S/C20H21N3O2/c1-13(2)23-20(25)17-12-8-7-11-16(17)18(22-23)19(24)21-14(3)15-9-5-4-6-10-15/h4-14H,1-3H3,(H,21,24). The molecule has 0 aliphatic rings. The van der Waals surface area contributed by atoms with E-state index in [9.17, 15) is 9.59 Å². The Hall–Kier alpha value is -2.95. The minimum absolute atomic E-state index is 0.129. The Labute approximate surface area is 146 Å². The van der Waals surface area contributed by atoms with Crippen LogP contribution in [0.25, 0.3) is 10.8 Å². The molecule has 3 aromatic rings. The highest BCUT2D eigenvalue weighted by Gasteiger charge is 2.19. The first-order chi connectivity index (χ1) is 12.0. The van der Waals surface area contributed by atoms with Crippen LogP contribution >= 0.6 is 0 Å². The molecule has 0 aliphatic heterocycles. The van der Waals surface area contributed by atoms with Crippen LogP contribution in [0.1, 0.15) is 48.9 Å². The van der Waals surface area contributed by atoms with E-state index in [0.29, 0.717) is 10.8 Å². The molecule has 0 saturated carbocycles. The van der Waals surface area contributed by atoms with E-state index in [0.717, 1.165) is 5.56 Å². The molecular formula is C20H21N3O2. The highest BCUT2D eigenvalue weighted by atomic mass is 16.2. The fraction of sp³-hybridized carbons (Fsp3) is 0.250. The number of carbonyl (C=O) groups is 1. The lowest BCUT2D eigenvalue weighted by atomic mass is 10.1. The predicted molar refractivity (Wildman–Crippen MR) is 98.7 cm³/mol. The molecule has 1 atom stereocenters. The topological polar surface area (TPSA) is 64.0 Å². The second-order valence-corrected chi connectivity index (χ2v) is 6.34. The molecule has 5 heteroatoms. The molecule has 1 N–H and O–H groups in total. The zero-order valence-electron chi connectivity index (χ0n) is 14.6. The summed E-state index contributed by atoms with van der Waals surface area (Å²) in [6.45, 7) is 5.67. The van der Waals surface area contributed by atoms with Gasteiger partial charge in [-0.3, -0.25) is 9.59 Å². The molecule has 2 aromatic carbocycles. The first-order valence-electron chi connectivity index (χ1n) is 8.36. The highest BCUT2D eigenvalue weighted by molar-refractivity contribution is 6.04. The molecule has 1 unspecified atom stereocenters. The van der Waals surface area contributed by atoms with Gasteiger partial charge in [-0.05, 0) is 32.4 Å². The van der Waals surface area contributed by atoms with E-state index in [1.165, 1.54) is 4.68 Å². The maximum Gasteiger partial charge on any atom is 0.274 e. The second-order valence-electron chi connectivity index (χ2n) is 6.34. The Morgan fingerprint density at radius 2 is 1.56 bits per heavy atom. The van der Waals surface area contributed by atoms with Gasteiger partial charge in [0.15, 0.2) is 5.69 Å². The number of aromatic nitrogens is 2. The summed E-state index contributed by atoms with van der Waals surface area (Å²) in [4.78, 5) is 25.4. The molecule has 1 heterocycles. The number of hydrogen-bond donors (Lipinski definition) is 1. The molecule has 1 amide bonds. The van der Waals surface area contributed by atoms with Gasteiger partial charge in [0.1, 0.15) is 0 Å². The van der Waals surface area contributed by atoms with Crippen molar-refractivity contribution >= 4 is 16.7 Å². The van der Waals surface area contributed by atoms with E-state index < -0.39 is 0 Å². The van der Waals surface area contributed by atoms with Crippen LogP contribution in [-0.2, 0) is 0 Å². The van der Waals surface area contributed by atoms with Crippen LogP contribution in [-0.4, -0.2) is 15.7 Å². The van der Waals surface area contributed by atoms with Crippen molar-refractivity contribution < 1.29 is 4.79 Å². The quantitative estimate of drug-likeness (QED) is 0.794. The Morgan fingerprint density at radius 3 is 2.20 bits per heavy atom. The lowest BCUT2D eigenvalue weighted by Gasteiger charge is -2.16. The third-order valence-corrected chi connectivity index (χ3v) is 4.18. The van der Waals surface area contributed by atoms with E-state index in [4.69, 9.17) is 0 Å². The Morgan fingerprint density at radius 1 is 0.960 bits per heavy atom. The molecule has 0 bridgehead atoms. The van der Waals surface area contributed by atoms with Gasteiger partial charge >= 0.3 is 0 Å². The number of fused-ring (bicyclic) bond motifs is 1. The summed E-state index contributed by atoms with van der Waals surface area (Å²) in [5.41, 5.74) is 1.10. The van der Waals surface area contributed by atoms with Crippen molar-refractivity contribution in [2.24, 2.45) is 0 Å².